The fourth-order valence-electron chi connectivity index (χ4n) is 4.32. The Balaban J connectivity index is 0.000000242. The highest BCUT2D eigenvalue weighted by molar-refractivity contribution is 5.61. The molecule has 0 aliphatic heterocycles. The van der Waals surface area contributed by atoms with Crippen LogP contribution in [-0.2, 0) is 0 Å². The summed E-state index contributed by atoms with van der Waals surface area (Å²) in [7, 11) is 0. The van der Waals surface area contributed by atoms with Gasteiger partial charge >= 0.3 is 12.2 Å². The monoisotopic (exact) mass is 442 g/mol. The number of hydrogen-bond donors (Lipinski definition) is 4. The molecule has 2 amide bonds. The molecule has 32 heavy (non-hydrogen) atoms. The smallest absolute Gasteiger partial charge is 0.402 e. The Hall–Kier alpha value is -3.02. The second-order valence-electron chi connectivity index (χ2n) is 8.17. The Morgan fingerprint density at radius 1 is 0.562 bits per heavy atom. The zero-order valence-corrected chi connectivity index (χ0v) is 18.9. The molecule has 2 fully saturated rings. The molecule has 6 heteroatoms. The van der Waals surface area contributed by atoms with Gasteiger partial charge in [-0.05, 0) is 48.6 Å². The third-order valence-corrected chi connectivity index (χ3v) is 5.75. The van der Waals surface area contributed by atoms with Crippen LogP contribution in [0.5, 0.6) is 0 Å². The molecule has 0 spiro atoms. The molecule has 2 aromatic rings. The van der Waals surface area contributed by atoms with Gasteiger partial charge in [0.1, 0.15) is 0 Å². The zero-order valence-electron chi connectivity index (χ0n) is 18.9. The van der Waals surface area contributed by atoms with Crippen molar-refractivity contribution in [3.05, 3.63) is 71.8 Å². The van der Waals surface area contributed by atoms with Gasteiger partial charge in [-0.3, -0.25) is 0 Å². The highest BCUT2D eigenvalue weighted by atomic mass is 16.4. The summed E-state index contributed by atoms with van der Waals surface area (Å²) in [6, 6.07) is 21.9. The normalized spacial score (nSPS) is 16.0. The molecule has 0 radical (unpaired) electrons. The summed E-state index contributed by atoms with van der Waals surface area (Å²) in [6.45, 7) is 0. The Bertz CT molecular complexity index is 667. The number of primary amides is 2. The van der Waals surface area contributed by atoms with Gasteiger partial charge in [-0.25, -0.2) is 9.59 Å². The molecule has 176 valence electrons. The molecule has 0 unspecified atom stereocenters. The lowest BCUT2D eigenvalue weighted by molar-refractivity contribution is 0.204. The van der Waals surface area contributed by atoms with Gasteiger partial charge < -0.3 is 21.7 Å². The van der Waals surface area contributed by atoms with Gasteiger partial charge in [-0.2, -0.15) is 0 Å². The molecule has 2 aliphatic carbocycles. The summed E-state index contributed by atoms with van der Waals surface area (Å²) in [5.74, 6) is 1.72. The largest absolute Gasteiger partial charge is 0.465 e. The van der Waals surface area contributed by atoms with Crippen LogP contribution in [0.15, 0.2) is 60.7 Å². The third kappa shape index (κ3) is 13.3. The lowest BCUT2D eigenvalue weighted by atomic mass is 9.84. The molecule has 0 heterocycles. The molecule has 0 saturated heterocycles. The summed E-state index contributed by atoms with van der Waals surface area (Å²) in [6.07, 6.45) is 11.6. The number of carbonyl (C=O) groups is 2. The van der Waals surface area contributed by atoms with Crippen molar-refractivity contribution in [2.75, 3.05) is 0 Å². The van der Waals surface area contributed by atoms with Crippen molar-refractivity contribution in [1.29, 1.82) is 0 Å². The first kappa shape index (κ1) is 27.0. The van der Waals surface area contributed by atoms with Crippen LogP contribution in [0.4, 0.5) is 9.59 Å². The van der Waals surface area contributed by atoms with Gasteiger partial charge in [0.05, 0.1) is 0 Å². The fraction of sp³-hybridized carbons (Fsp3) is 0.462. The van der Waals surface area contributed by atoms with Crippen molar-refractivity contribution < 1.29 is 19.8 Å². The molecular formula is C26H38N2O4. The van der Waals surface area contributed by atoms with E-state index in [9.17, 15) is 0 Å². The van der Waals surface area contributed by atoms with Crippen LogP contribution in [-0.4, -0.2) is 22.4 Å². The summed E-state index contributed by atoms with van der Waals surface area (Å²) in [5, 5.41) is 14.4. The average molecular weight is 443 g/mol. The second-order valence-corrected chi connectivity index (χ2v) is 8.17. The predicted octanol–water partition coefficient (Wildman–Crippen LogP) is 6.71. The number of carboxylic acid groups (broad SMARTS) is 2. The van der Waals surface area contributed by atoms with E-state index < -0.39 is 12.2 Å². The molecule has 0 aromatic heterocycles. The summed E-state index contributed by atoms with van der Waals surface area (Å²) < 4.78 is 0. The van der Waals surface area contributed by atoms with E-state index in [1.807, 2.05) is 0 Å². The highest BCUT2D eigenvalue weighted by Gasteiger charge is 2.15. The molecule has 6 nitrogen and oxygen atoms in total. The van der Waals surface area contributed by atoms with Crippen molar-refractivity contribution in [3.8, 4) is 0 Å². The van der Waals surface area contributed by atoms with E-state index in [2.05, 4.69) is 72.1 Å². The predicted molar refractivity (Wildman–Crippen MR) is 129 cm³/mol. The number of rotatable bonds is 2. The first-order valence-electron chi connectivity index (χ1n) is 11.5. The van der Waals surface area contributed by atoms with Crippen LogP contribution in [0.3, 0.4) is 0 Å². The van der Waals surface area contributed by atoms with E-state index in [4.69, 9.17) is 19.8 Å². The summed E-state index contributed by atoms with van der Waals surface area (Å²) in [5.41, 5.74) is 11.2. The lowest BCUT2D eigenvalue weighted by Crippen LogP contribution is -2.03. The first-order valence-corrected chi connectivity index (χ1v) is 11.5. The standard InChI is InChI=1S/2C12H16.2CH3NO2/c2*1-3-7-11(8-4-1)12-9-5-2-6-10-12;2*2-1(3)4/h2*1,3-4,7-8,12H,2,5-6,9-10H2;2*2H2,(H,3,4). The van der Waals surface area contributed by atoms with Crippen molar-refractivity contribution in [1.82, 2.24) is 0 Å². The van der Waals surface area contributed by atoms with Crippen LogP contribution in [0.2, 0.25) is 0 Å². The Labute approximate surface area is 191 Å². The van der Waals surface area contributed by atoms with E-state index in [1.54, 1.807) is 11.1 Å². The second kappa shape index (κ2) is 16.6. The number of nitrogens with two attached hydrogens (primary N) is 2. The third-order valence-electron chi connectivity index (χ3n) is 5.75. The average Bonchev–Trinajstić information content (AvgIpc) is 2.81. The SMILES string of the molecule is NC(=O)O.NC(=O)O.c1ccc(C2CCCCC2)cc1.c1ccc(C2CCCCC2)cc1. The van der Waals surface area contributed by atoms with Crippen LogP contribution in [0.1, 0.15) is 87.2 Å². The maximum absolute atomic E-state index is 8.78. The van der Waals surface area contributed by atoms with Gasteiger partial charge in [0.25, 0.3) is 0 Å². The van der Waals surface area contributed by atoms with Crippen molar-refractivity contribution in [2.24, 2.45) is 11.5 Å². The van der Waals surface area contributed by atoms with Crippen LogP contribution in [0, 0.1) is 0 Å². The van der Waals surface area contributed by atoms with Gasteiger partial charge in [0.15, 0.2) is 0 Å². The summed E-state index contributed by atoms with van der Waals surface area (Å²) >= 11 is 0. The van der Waals surface area contributed by atoms with Crippen LogP contribution in [0.25, 0.3) is 0 Å². The minimum Gasteiger partial charge on any atom is -0.465 e. The van der Waals surface area contributed by atoms with Gasteiger partial charge in [-0.1, -0.05) is 99.2 Å². The van der Waals surface area contributed by atoms with Crippen LogP contribution >= 0.6 is 0 Å². The molecule has 2 saturated carbocycles. The van der Waals surface area contributed by atoms with Crippen molar-refractivity contribution in [2.45, 2.75) is 76.0 Å². The molecular weight excluding hydrogens is 404 g/mol. The molecule has 0 atom stereocenters. The maximum atomic E-state index is 8.78. The Kier molecular flexibility index (Phi) is 14.1. The molecule has 0 bridgehead atoms. The fourth-order valence-corrected chi connectivity index (χ4v) is 4.32. The maximum Gasteiger partial charge on any atom is 0.402 e. The van der Waals surface area contributed by atoms with E-state index in [0.29, 0.717) is 0 Å². The van der Waals surface area contributed by atoms with E-state index in [-0.39, 0.29) is 0 Å². The van der Waals surface area contributed by atoms with Crippen molar-refractivity contribution in [3.63, 3.8) is 0 Å². The van der Waals surface area contributed by atoms with Gasteiger partial charge in [-0.15, -0.1) is 0 Å². The van der Waals surface area contributed by atoms with Gasteiger partial charge in [0, 0.05) is 0 Å². The Morgan fingerprint density at radius 3 is 1.06 bits per heavy atom. The summed E-state index contributed by atoms with van der Waals surface area (Å²) in [4.78, 5) is 17.6. The van der Waals surface area contributed by atoms with E-state index in [1.165, 1.54) is 64.2 Å². The Morgan fingerprint density at radius 2 is 0.812 bits per heavy atom. The zero-order chi connectivity index (χ0) is 23.6. The topological polar surface area (TPSA) is 127 Å². The van der Waals surface area contributed by atoms with Crippen molar-refractivity contribution >= 4 is 12.2 Å². The lowest BCUT2D eigenvalue weighted by Gasteiger charge is -2.21. The number of hydrogen-bond acceptors (Lipinski definition) is 2. The highest BCUT2D eigenvalue weighted by Crippen LogP contribution is 2.32. The molecule has 2 aromatic carbocycles. The molecule has 2 aliphatic rings. The quantitative estimate of drug-likeness (QED) is 0.412. The molecule has 4 rings (SSSR count). The van der Waals surface area contributed by atoms with E-state index >= 15 is 0 Å². The minimum absolute atomic E-state index is 0.861. The molecule has 6 N–H and O–H groups in total. The van der Waals surface area contributed by atoms with Gasteiger partial charge in [0.2, 0.25) is 0 Å². The first-order chi connectivity index (χ1) is 15.4. The van der Waals surface area contributed by atoms with Crippen LogP contribution < -0.4 is 11.5 Å². The number of amides is 2. The van der Waals surface area contributed by atoms with E-state index in [0.717, 1.165) is 11.8 Å². The number of benzene rings is 2. The minimum atomic E-state index is -1.33.